The van der Waals surface area contributed by atoms with Gasteiger partial charge in [0.1, 0.15) is 0 Å². The Balaban J connectivity index is 1.77. The smallest absolute Gasteiger partial charge is 0.254 e. The number of carbonyl (C=O) groups is 2. The number of hydrogen-bond donors (Lipinski definition) is 2. The predicted molar refractivity (Wildman–Crippen MR) is 104 cm³/mol. The first kappa shape index (κ1) is 18.6. The van der Waals surface area contributed by atoms with E-state index in [1.54, 1.807) is 31.3 Å². The topological polar surface area (TPSA) is 69.6 Å². The SMILES string of the molecule is CN(C(=O)c1cccc(NC(=O)C2CC2)c1)C(CO)c1cccc(Br)c1. The van der Waals surface area contributed by atoms with E-state index in [1.807, 2.05) is 24.3 Å². The number of nitrogens with one attached hydrogen (secondary N) is 1. The molecule has 2 N–H and O–H groups in total. The number of halogens is 1. The summed E-state index contributed by atoms with van der Waals surface area (Å²) in [7, 11) is 1.67. The number of nitrogens with zero attached hydrogens (tertiary/aromatic N) is 1. The lowest BCUT2D eigenvalue weighted by atomic mass is 10.1. The molecule has 2 aromatic rings. The number of hydrogen-bond acceptors (Lipinski definition) is 3. The number of carbonyl (C=O) groups excluding carboxylic acids is 2. The Kier molecular flexibility index (Phi) is 5.74. The molecule has 1 atom stereocenters. The van der Waals surface area contributed by atoms with E-state index < -0.39 is 6.04 Å². The Labute approximate surface area is 161 Å². The Morgan fingerprint density at radius 1 is 1.23 bits per heavy atom. The van der Waals surface area contributed by atoms with Crippen LogP contribution in [-0.2, 0) is 4.79 Å². The summed E-state index contributed by atoms with van der Waals surface area (Å²) in [6.07, 6.45) is 1.86. The van der Waals surface area contributed by atoms with Crippen LogP contribution in [0, 0.1) is 5.92 Å². The van der Waals surface area contributed by atoms with Gasteiger partial charge in [-0.1, -0.05) is 34.1 Å². The summed E-state index contributed by atoms with van der Waals surface area (Å²) in [6, 6.07) is 14.0. The highest BCUT2D eigenvalue weighted by molar-refractivity contribution is 9.10. The van der Waals surface area contributed by atoms with E-state index in [0.717, 1.165) is 22.9 Å². The van der Waals surface area contributed by atoms with E-state index in [1.165, 1.54) is 4.90 Å². The second-order valence-corrected chi connectivity index (χ2v) is 7.43. The van der Waals surface area contributed by atoms with Crippen molar-refractivity contribution in [2.24, 2.45) is 5.92 Å². The Morgan fingerprint density at radius 2 is 1.96 bits per heavy atom. The van der Waals surface area contributed by atoms with Crippen LogP contribution in [0.5, 0.6) is 0 Å². The second kappa shape index (κ2) is 8.01. The number of likely N-dealkylation sites (N-methyl/N-ethyl adjacent to an activating group) is 1. The third-order valence-corrected chi connectivity index (χ3v) is 5.01. The lowest BCUT2D eigenvalue weighted by Crippen LogP contribution is -2.33. The zero-order valence-electron chi connectivity index (χ0n) is 14.5. The molecule has 0 spiro atoms. The molecule has 0 aromatic heterocycles. The third kappa shape index (κ3) is 4.31. The first-order valence-corrected chi connectivity index (χ1v) is 9.33. The minimum absolute atomic E-state index is 0.00493. The molecule has 136 valence electrons. The Hall–Kier alpha value is -2.18. The van der Waals surface area contributed by atoms with Crippen LogP contribution in [0.15, 0.2) is 53.0 Å². The molecule has 6 heteroatoms. The van der Waals surface area contributed by atoms with Crippen LogP contribution in [-0.4, -0.2) is 35.5 Å². The van der Waals surface area contributed by atoms with Crippen molar-refractivity contribution in [2.45, 2.75) is 18.9 Å². The molecule has 2 amide bonds. The van der Waals surface area contributed by atoms with Gasteiger partial charge in [0, 0.05) is 28.7 Å². The van der Waals surface area contributed by atoms with Crippen molar-refractivity contribution in [3.63, 3.8) is 0 Å². The standard InChI is InChI=1S/C20H21BrN2O3/c1-23(18(12-24)14-4-2-6-16(21)10-14)20(26)15-5-3-7-17(11-15)22-19(25)13-8-9-13/h2-7,10-11,13,18,24H,8-9,12H2,1H3,(H,22,25). The van der Waals surface area contributed by atoms with Crippen molar-refractivity contribution in [1.82, 2.24) is 4.90 Å². The number of aliphatic hydroxyl groups excluding tert-OH is 1. The van der Waals surface area contributed by atoms with Gasteiger partial charge in [-0.05, 0) is 48.7 Å². The van der Waals surface area contributed by atoms with Gasteiger partial charge in [0.05, 0.1) is 12.6 Å². The number of rotatable bonds is 6. The summed E-state index contributed by atoms with van der Waals surface area (Å²) in [5, 5.41) is 12.7. The highest BCUT2D eigenvalue weighted by Gasteiger charge is 2.29. The third-order valence-electron chi connectivity index (χ3n) is 4.52. The highest BCUT2D eigenvalue weighted by atomic mass is 79.9. The number of aliphatic hydroxyl groups is 1. The van der Waals surface area contributed by atoms with Crippen molar-refractivity contribution < 1.29 is 14.7 Å². The quantitative estimate of drug-likeness (QED) is 0.755. The summed E-state index contributed by atoms with van der Waals surface area (Å²) < 4.78 is 0.888. The van der Waals surface area contributed by atoms with Crippen molar-refractivity contribution in [1.29, 1.82) is 0 Å². The lowest BCUT2D eigenvalue weighted by molar-refractivity contribution is -0.117. The molecular weight excluding hydrogens is 396 g/mol. The molecule has 1 unspecified atom stereocenters. The van der Waals surface area contributed by atoms with Crippen LogP contribution >= 0.6 is 15.9 Å². The van der Waals surface area contributed by atoms with Crippen LogP contribution in [0.3, 0.4) is 0 Å². The summed E-state index contributed by atoms with van der Waals surface area (Å²) in [6.45, 7) is -0.184. The summed E-state index contributed by atoms with van der Waals surface area (Å²) in [4.78, 5) is 26.3. The van der Waals surface area contributed by atoms with Gasteiger partial charge in [0.25, 0.3) is 5.91 Å². The molecule has 0 aliphatic heterocycles. The lowest BCUT2D eigenvalue weighted by Gasteiger charge is -2.27. The van der Waals surface area contributed by atoms with Crippen LogP contribution in [0.25, 0.3) is 0 Å². The van der Waals surface area contributed by atoms with Crippen LogP contribution in [0.1, 0.15) is 34.8 Å². The van der Waals surface area contributed by atoms with E-state index in [2.05, 4.69) is 21.2 Å². The zero-order valence-corrected chi connectivity index (χ0v) is 16.1. The van der Waals surface area contributed by atoms with Crippen molar-refractivity contribution in [3.8, 4) is 0 Å². The molecule has 1 aliphatic carbocycles. The molecule has 26 heavy (non-hydrogen) atoms. The minimum Gasteiger partial charge on any atom is -0.394 e. The fraction of sp³-hybridized carbons (Fsp3) is 0.300. The maximum Gasteiger partial charge on any atom is 0.254 e. The molecule has 0 heterocycles. The number of amides is 2. The van der Waals surface area contributed by atoms with Gasteiger partial charge in [0.2, 0.25) is 5.91 Å². The van der Waals surface area contributed by atoms with Crippen LogP contribution < -0.4 is 5.32 Å². The van der Waals surface area contributed by atoms with Gasteiger partial charge in [-0.25, -0.2) is 0 Å². The molecule has 1 saturated carbocycles. The molecule has 3 rings (SSSR count). The van der Waals surface area contributed by atoms with Crippen molar-refractivity contribution in [3.05, 3.63) is 64.1 Å². The molecule has 0 bridgehead atoms. The zero-order chi connectivity index (χ0) is 18.7. The fourth-order valence-corrected chi connectivity index (χ4v) is 3.25. The summed E-state index contributed by atoms with van der Waals surface area (Å²) >= 11 is 3.41. The fourth-order valence-electron chi connectivity index (χ4n) is 2.83. The minimum atomic E-state index is -0.454. The van der Waals surface area contributed by atoms with Gasteiger partial charge in [-0.3, -0.25) is 9.59 Å². The molecule has 1 fully saturated rings. The van der Waals surface area contributed by atoms with E-state index in [9.17, 15) is 14.7 Å². The van der Waals surface area contributed by atoms with Crippen LogP contribution in [0.4, 0.5) is 5.69 Å². The van der Waals surface area contributed by atoms with Gasteiger partial charge >= 0.3 is 0 Å². The largest absolute Gasteiger partial charge is 0.394 e. The Bertz CT molecular complexity index is 820. The first-order valence-electron chi connectivity index (χ1n) is 8.54. The van der Waals surface area contributed by atoms with Crippen molar-refractivity contribution >= 4 is 33.4 Å². The first-order chi connectivity index (χ1) is 12.5. The van der Waals surface area contributed by atoms with Gasteiger partial charge in [0.15, 0.2) is 0 Å². The van der Waals surface area contributed by atoms with E-state index in [0.29, 0.717) is 11.3 Å². The van der Waals surface area contributed by atoms with Gasteiger partial charge < -0.3 is 15.3 Å². The van der Waals surface area contributed by atoms with E-state index in [4.69, 9.17) is 0 Å². The van der Waals surface area contributed by atoms with Gasteiger partial charge in [-0.2, -0.15) is 0 Å². The molecule has 5 nitrogen and oxygen atoms in total. The second-order valence-electron chi connectivity index (χ2n) is 6.51. The molecular formula is C20H21BrN2O3. The normalized spacial score (nSPS) is 14.6. The van der Waals surface area contributed by atoms with Gasteiger partial charge in [-0.15, -0.1) is 0 Å². The van der Waals surface area contributed by atoms with Crippen molar-refractivity contribution in [2.75, 3.05) is 19.0 Å². The molecule has 2 aromatic carbocycles. The summed E-state index contributed by atoms with van der Waals surface area (Å²) in [5.74, 6) is -0.107. The Morgan fingerprint density at radius 3 is 2.62 bits per heavy atom. The maximum atomic E-state index is 12.9. The van der Waals surface area contributed by atoms with Crippen LogP contribution in [0.2, 0.25) is 0 Å². The molecule has 0 saturated heterocycles. The molecule has 1 aliphatic rings. The molecule has 0 radical (unpaired) electrons. The summed E-state index contributed by atoms with van der Waals surface area (Å²) in [5.41, 5.74) is 1.93. The average molecular weight is 417 g/mol. The monoisotopic (exact) mass is 416 g/mol. The van der Waals surface area contributed by atoms with E-state index in [-0.39, 0.29) is 24.3 Å². The highest BCUT2D eigenvalue weighted by Crippen LogP contribution is 2.30. The average Bonchev–Trinajstić information content (AvgIpc) is 3.47. The predicted octanol–water partition coefficient (Wildman–Crippen LogP) is 3.60. The van der Waals surface area contributed by atoms with E-state index >= 15 is 0 Å². The number of benzene rings is 2. The number of anilines is 1. The maximum absolute atomic E-state index is 12.9.